The second kappa shape index (κ2) is 9.89. The Hall–Kier alpha value is -3.29. The second-order valence-corrected chi connectivity index (χ2v) is 7.99. The summed E-state index contributed by atoms with van der Waals surface area (Å²) in [5.41, 5.74) is 2.89. The van der Waals surface area contributed by atoms with Crippen LogP contribution in [0, 0.1) is 5.82 Å². The number of aromatic nitrogens is 4. The van der Waals surface area contributed by atoms with Crippen LogP contribution in [0.1, 0.15) is 57.2 Å². The lowest BCUT2D eigenvalue weighted by Gasteiger charge is -2.27. The zero-order chi connectivity index (χ0) is 22.5. The standard InChI is InChI=1S/C24H27FN4O3/c1-3-4-20(30)32-18-11-7-16(8-12-18)23-28-21(15-5-9-17(25)10-6-15)22(29-23)19-13-14-26-24(27-19)31-2/h5-6,9-10,13-14,16,18H,3-4,7-8,11-12H2,1-2H3,(H,28,29)/t16-,18-. The molecular weight excluding hydrogens is 411 g/mol. The normalized spacial score (nSPS) is 18.3. The maximum Gasteiger partial charge on any atom is 0.316 e. The van der Waals surface area contributed by atoms with Crippen molar-refractivity contribution in [3.8, 4) is 28.7 Å². The number of carbonyl (C=O) groups excluding carboxylic acids is 1. The molecule has 0 saturated heterocycles. The maximum atomic E-state index is 13.5. The predicted molar refractivity (Wildman–Crippen MR) is 118 cm³/mol. The van der Waals surface area contributed by atoms with Crippen molar-refractivity contribution in [2.45, 2.75) is 57.5 Å². The maximum absolute atomic E-state index is 13.5. The van der Waals surface area contributed by atoms with Gasteiger partial charge in [-0.2, -0.15) is 4.98 Å². The Bertz CT molecular complexity index is 1060. The lowest BCUT2D eigenvalue weighted by atomic mass is 9.87. The molecule has 3 aromatic rings. The van der Waals surface area contributed by atoms with Crippen LogP contribution in [-0.2, 0) is 9.53 Å². The van der Waals surface area contributed by atoms with Crippen molar-refractivity contribution in [3.05, 3.63) is 48.2 Å². The SMILES string of the molecule is CCCC(=O)O[C@H]1CC[C@H](c2nc(-c3ccc(F)cc3)c(-c3ccnc(OC)n3)[nH]2)CC1. The van der Waals surface area contributed by atoms with Gasteiger partial charge in [0.05, 0.1) is 24.2 Å². The van der Waals surface area contributed by atoms with Crippen LogP contribution in [0.25, 0.3) is 22.6 Å². The highest BCUT2D eigenvalue weighted by molar-refractivity contribution is 5.76. The fourth-order valence-electron chi connectivity index (χ4n) is 4.07. The Balaban J connectivity index is 1.60. The lowest BCUT2D eigenvalue weighted by Crippen LogP contribution is -2.24. The molecule has 32 heavy (non-hydrogen) atoms. The highest BCUT2D eigenvalue weighted by Crippen LogP contribution is 2.37. The van der Waals surface area contributed by atoms with Gasteiger partial charge in [-0.05, 0) is 62.4 Å². The first-order valence-electron chi connectivity index (χ1n) is 11.0. The van der Waals surface area contributed by atoms with Gasteiger partial charge in [-0.15, -0.1) is 0 Å². The molecule has 0 atom stereocenters. The van der Waals surface area contributed by atoms with Gasteiger partial charge >= 0.3 is 12.0 Å². The quantitative estimate of drug-likeness (QED) is 0.519. The Morgan fingerprint density at radius 3 is 2.56 bits per heavy atom. The molecule has 1 fully saturated rings. The number of aromatic amines is 1. The topological polar surface area (TPSA) is 90.0 Å². The molecule has 1 saturated carbocycles. The number of hydrogen-bond donors (Lipinski definition) is 1. The highest BCUT2D eigenvalue weighted by Gasteiger charge is 2.28. The van der Waals surface area contributed by atoms with Gasteiger partial charge in [0.2, 0.25) is 0 Å². The summed E-state index contributed by atoms with van der Waals surface area (Å²) in [6.45, 7) is 1.97. The van der Waals surface area contributed by atoms with Crippen molar-refractivity contribution in [1.29, 1.82) is 0 Å². The van der Waals surface area contributed by atoms with Crippen LogP contribution in [0.5, 0.6) is 6.01 Å². The summed E-state index contributed by atoms with van der Waals surface area (Å²) < 4.78 is 24.3. The molecule has 168 valence electrons. The van der Waals surface area contributed by atoms with E-state index < -0.39 is 0 Å². The minimum atomic E-state index is -0.300. The summed E-state index contributed by atoms with van der Waals surface area (Å²) >= 11 is 0. The number of ether oxygens (including phenoxy) is 2. The summed E-state index contributed by atoms with van der Waals surface area (Å²) in [6, 6.07) is 8.31. The van der Waals surface area contributed by atoms with Crippen LogP contribution < -0.4 is 4.74 Å². The molecule has 1 aliphatic carbocycles. The smallest absolute Gasteiger partial charge is 0.316 e. The molecule has 0 aliphatic heterocycles. The second-order valence-electron chi connectivity index (χ2n) is 7.99. The van der Waals surface area contributed by atoms with Gasteiger partial charge in [0, 0.05) is 24.1 Å². The number of methoxy groups -OCH3 is 1. The first kappa shape index (κ1) is 21.9. The van der Waals surface area contributed by atoms with Crippen LogP contribution in [0.3, 0.4) is 0 Å². The number of H-pyrrole nitrogens is 1. The molecule has 0 bridgehead atoms. The van der Waals surface area contributed by atoms with Gasteiger partial charge in [0.15, 0.2) is 0 Å². The molecule has 2 heterocycles. The minimum absolute atomic E-state index is 0.0255. The molecule has 0 amide bonds. The van der Waals surface area contributed by atoms with Crippen molar-refractivity contribution in [1.82, 2.24) is 19.9 Å². The monoisotopic (exact) mass is 438 g/mol. The molecule has 0 unspecified atom stereocenters. The minimum Gasteiger partial charge on any atom is -0.467 e. The van der Waals surface area contributed by atoms with Crippen LogP contribution in [-0.4, -0.2) is 39.1 Å². The van der Waals surface area contributed by atoms with E-state index in [4.69, 9.17) is 14.5 Å². The zero-order valence-electron chi connectivity index (χ0n) is 18.3. The number of hydrogen-bond acceptors (Lipinski definition) is 6. The van der Waals surface area contributed by atoms with E-state index >= 15 is 0 Å². The van der Waals surface area contributed by atoms with Gasteiger partial charge in [-0.1, -0.05) is 6.92 Å². The van der Waals surface area contributed by atoms with Crippen molar-refractivity contribution in [2.75, 3.05) is 7.11 Å². The van der Waals surface area contributed by atoms with Gasteiger partial charge in [-0.25, -0.2) is 14.4 Å². The first-order chi connectivity index (χ1) is 15.6. The summed E-state index contributed by atoms with van der Waals surface area (Å²) in [5.74, 6) is 0.654. The molecule has 4 rings (SSSR count). The van der Waals surface area contributed by atoms with Gasteiger partial charge < -0.3 is 14.5 Å². The number of carbonyl (C=O) groups is 1. The summed E-state index contributed by atoms with van der Waals surface area (Å²) in [4.78, 5) is 28.7. The summed E-state index contributed by atoms with van der Waals surface area (Å²) in [7, 11) is 1.52. The molecule has 2 aromatic heterocycles. The zero-order valence-corrected chi connectivity index (χ0v) is 18.3. The fraction of sp³-hybridized carbons (Fsp3) is 0.417. The molecule has 1 aliphatic rings. The number of nitrogens with one attached hydrogen (secondary N) is 1. The van der Waals surface area contributed by atoms with Crippen molar-refractivity contribution in [2.24, 2.45) is 0 Å². The third kappa shape index (κ3) is 4.95. The van der Waals surface area contributed by atoms with Crippen molar-refractivity contribution >= 4 is 5.97 Å². The van der Waals surface area contributed by atoms with Crippen LogP contribution >= 0.6 is 0 Å². The molecule has 8 heteroatoms. The number of benzene rings is 1. The predicted octanol–water partition coefficient (Wildman–Crippen LogP) is 5.05. The average molecular weight is 439 g/mol. The Morgan fingerprint density at radius 2 is 1.88 bits per heavy atom. The third-order valence-electron chi connectivity index (χ3n) is 5.73. The van der Waals surface area contributed by atoms with E-state index in [0.29, 0.717) is 17.8 Å². The van der Waals surface area contributed by atoms with E-state index in [-0.39, 0.29) is 29.8 Å². The largest absolute Gasteiger partial charge is 0.467 e. The molecule has 0 spiro atoms. The van der Waals surface area contributed by atoms with Gasteiger partial charge in [0.1, 0.15) is 17.7 Å². The number of imidazole rings is 1. The summed E-state index contributed by atoms with van der Waals surface area (Å²) in [6.07, 6.45) is 6.22. The Kier molecular flexibility index (Phi) is 6.78. The third-order valence-corrected chi connectivity index (χ3v) is 5.73. The van der Waals surface area contributed by atoms with Crippen LogP contribution in [0.15, 0.2) is 36.5 Å². The van der Waals surface area contributed by atoms with Gasteiger partial charge in [-0.3, -0.25) is 4.79 Å². The van der Waals surface area contributed by atoms with Gasteiger partial charge in [0.25, 0.3) is 0 Å². The molecule has 7 nitrogen and oxygen atoms in total. The van der Waals surface area contributed by atoms with E-state index in [0.717, 1.165) is 49.2 Å². The molecule has 1 aromatic carbocycles. The van der Waals surface area contributed by atoms with Crippen molar-refractivity contribution in [3.63, 3.8) is 0 Å². The highest BCUT2D eigenvalue weighted by atomic mass is 19.1. The Morgan fingerprint density at radius 1 is 1.12 bits per heavy atom. The number of nitrogens with zero attached hydrogens (tertiary/aromatic N) is 3. The van der Waals surface area contributed by atoms with Crippen LogP contribution in [0.4, 0.5) is 4.39 Å². The number of rotatable bonds is 7. The van der Waals surface area contributed by atoms with E-state index in [9.17, 15) is 9.18 Å². The van der Waals surface area contributed by atoms with Crippen molar-refractivity contribution < 1.29 is 18.7 Å². The van der Waals surface area contributed by atoms with E-state index in [1.165, 1.54) is 19.2 Å². The van der Waals surface area contributed by atoms with E-state index in [1.54, 1.807) is 24.4 Å². The first-order valence-corrected chi connectivity index (χ1v) is 11.0. The fourth-order valence-corrected chi connectivity index (χ4v) is 4.07. The van der Waals surface area contributed by atoms with E-state index in [2.05, 4.69) is 15.0 Å². The van der Waals surface area contributed by atoms with E-state index in [1.807, 2.05) is 6.92 Å². The number of esters is 1. The molecule has 0 radical (unpaired) electrons. The van der Waals surface area contributed by atoms with Crippen LogP contribution in [0.2, 0.25) is 0 Å². The molecular formula is C24H27FN4O3. The number of halogens is 1. The Labute approximate surface area is 186 Å². The average Bonchev–Trinajstić information content (AvgIpc) is 3.26. The summed E-state index contributed by atoms with van der Waals surface area (Å²) in [5, 5.41) is 0. The molecule has 1 N–H and O–H groups in total. The lowest BCUT2D eigenvalue weighted by molar-refractivity contribution is -0.150.